The van der Waals surface area contributed by atoms with Crippen molar-refractivity contribution in [1.82, 2.24) is 4.98 Å². The normalized spacial score (nSPS) is 10.6. The van der Waals surface area contributed by atoms with E-state index < -0.39 is 0 Å². The van der Waals surface area contributed by atoms with Crippen LogP contribution in [-0.4, -0.2) is 10.9 Å². The topological polar surface area (TPSA) is 55.1 Å². The van der Waals surface area contributed by atoms with Crippen molar-refractivity contribution < 1.29 is 9.21 Å². The number of fused-ring (bicyclic) bond motifs is 1. The highest BCUT2D eigenvalue weighted by Gasteiger charge is 2.12. The van der Waals surface area contributed by atoms with Crippen LogP contribution in [0.2, 0.25) is 0 Å². The van der Waals surface area contributed by atoms with Gasteiger partial charge in [0.2, 0.25) is 0 Å². The van der Waals surface area contributed by atoms with Crippen molar-refractivity contribution in [2.24, 2.45) is 0 Å². The number of nitrogens with one attached hydrogen (secondary N) is 1. The molecule has 0 atom stereocenters. The molecule has 2 heterocycles. The van der Waals surface area contributed by atoms with Gasteiger partial charge in [0.1, 0.15) is 0 Å². The summed E-state index contributed by atoms with van der Waals surface area (Å²) >= 11 is 0. The Balaban J connectivity index is 1.89. The van der Waals surface area contributed by atoms with Crippen molar-refractivity contribution in [3.05, 3.63) is 60.2 Å². The third-order valence-electron chi connectivity index (χ3n) is 2.92. The highest BCUT2D eigenvalue weighted by Crippen LogP contribution is 2.17. The van der Waals surface area contributed by atoms with Crippen LogP contribution in [-0.2, 0) is 0 Å². The number of pyridine rings is 1. The summed E-state index contributed by atoms with van der Waals surface area (Å²) in [7, 11) is 0. The number of aromatic nitrogens is 1. The zero-order valence-corrected chi connectivity index (χ0v) is 10.4. The fourth-order valence-electron chi connectivity index (χ4n) is 1.93. The van der Waals surface area contributed by atoms with Gasteiger partial charge in [-0.15, -0.1) is 0 Å². The van der Waals surface area contributed by atoms with E-state index in [0.717, 1.165) is 16.5 Å². The molecule has 0 aliphatic rings. The highest BCUT2D eigenvalue weighted by atomic mass is 16.3. The van der Waals surface area contributed by atoms with Crippen molar-refractivity contribution in [3.63, 3.8) is 0 Å². The summed E-state index contributed by atoms with van der Waals surface area (Å²) in [4.78, 5) is 16.3. The van der Waals surface area contributed by atoms with Crippen molar-refractivity contribution in [3.8, 4) is 0 Å². The molecule has 0 bridgehead atoms. The van der Waals surface area contributed by atoms with Crippen molar-refractivity contribution >= 4 is 22.5 Å². The molecule has 1 aromatic carbocycles. The zero-order valence-electron chi connectivity index (χ0n) is 10.4. The van der Waals surface area contributed by atoms with E-state index in [1.165, 1.54) is 6.26 Å². The molecule has 1 N–H and O–H groups in total. The fraction of sp³-hybridized carbons (Fsp3) is 0.0667. The zero-order chi connectivity index (χ0) is 13.2. The van der Waals surface area contributed by atoms with Gasteiger partial charge in [0, 0.05) is 10.9 Å². The fourth-order valence-corrected chi connectivity index (χ4v) is 1.93. The van der Waals surface area contributed by atoms with Crippen LogP contribution in [0, 0.1) is 6.92 Å². The Hall–Kier alpha value is -2.62. The van der Waals surface area contributed by atoms with E-state index in [9.17, 15) is 4.79 Å². The van der Waals surface area contributed by atoms with E-state index in [4.69, 9.17) is 4.42 Å². The Morgan fingerprint density at radius 1 is 1.26 bits per heavy atom. The molecule has 0 aliphatic carbocycles. The summed E-state index contributed by atoms with van der Waals surface area (Å²) in [6, 6.07) is 11.4. The van der Waals surface area contributed by atoms with Crippen molar-refractivity contribution in [2.75, 3.05) is 5.32 Å². The minimum atomic E-state index is -0.264. The summed E-state index contributed by atoms with van der Waals surface area (Å²) < 4.78 is 5.15. The number of furan rings is 1. The predicted octanol–water partition coefficient (Wildman–Crippen LogP) is 3.39. The number of nitrogens with zero attached hydrogens (tertiary/aromatic N) is 1. The highest BCUT2D eigenvalue weighted by molar-refractivity contribution is 6.03. The van der Waals surface area contributed by atoms with Gasteiger partial charge in [0.05, 0.1) is 23.7 Å². The molecule has 4 nitrogen and oxygen atoms in total. The van der Waals surface area contributed by atoms with Crippen LogP contribution >= 0.6 is 0 Å². The van der Waals surface area contributed by atoms with E-state index in [-0.39, 0.29) is 5.91 Å². The number of hydrogen-bond donors (Lipinski definition) is 1. The minimum Gasteiger partial charge on any atom is -0.459 e. The lowest BCUT2D eigenvalue weighted by Gasteiger charge is -2.05. The number of carbonyl (C=O) groups is 1. The first kappa shape index (κ1) is 11.5. The molecule has 0 radical (unpaired) electrons. The van der Waals surface area contributed by atoms with Gasteiger partial charge in [0.25, 0.3) is 5.91 Å². The van der Waals surface area contributed by atoms with E-state index in [0.29, 0.717) is 11.4 Å². The molecule has 0 unspecified atom stereocenters. The molecule has 2 aromatic heterocycles. The smallest absolute Gasteiger partial charge is 0.291 e. The van der Waals surface area contributed by atoms with Gasteiger partial charge >= 0.3 is 0 Å². The van der Waals surface area contributed by atoms with Crippen molar-refractivity contribution in [1.29, 1.82) is 0 Å². The van der Waals surface area contributed by atoms with Crippen LogP contribution in [0.4, 0.5) is 5.69 Å². The number of para-hydroxylation sites is 1. The van der Waals surface area contributed by atoms with Crippen LogP contribution in [0.1, 0.15) is 16.1 Å². The quantitative estimate of drug-likeness (QED) is 0.760. The Labute approximate surface area is 110 Å². The van der Waals surface area contributed by atoms with Crippen LogP contribution in [0.5, 0.6) is 0 Å². The Bertz CT molecular complexity index is 746. The monoisotopic (exact) mass is 252 g/mol. The third kappa shape index (κ3) is 2.20. The number of hydrogen-bond acceptors (Lipinski definition) is 3. The molecule has 0 saturated carbocycles. The first-order valence-corrected chi connectivity index (χ1v) is 5.94. The van der Waals surface area contributed by atoms with Gasteiger partial charge in [-0.3, -0.25) is 9.78 Å². The van der Waals surface area contributed by atoms with Gasteiger partial charge < -0.3 is 9.73 Å². The molecule has 3 rings (SSSR count). The van der Waals surface area contributed by atoms with Crippen LogP contribution in [0.15, 0.2) is 53.3 Å². The molecule has 3 aromatic rings. The maximum Gasteiger partial charge on any atom is 0.291 e. The first-order valence-electron chi connectivity index (χ1n) is 5.94. The van der Waals surface area contributed by atoms with E-state index in [2.05, 4.69) is 10.3 Å². The molecule has 4 heteroatoms. The molecule has 0 aliphatic heterocycles. The first-order chi connectivity index (χ1) is 9.24. The van der Waals surface area contributed by atoms with Gasteiger partial charge in [-0.05, 0) is 25.1 Å². The second-order valence-corrected chi connectivity index (χ2v) is 4.30. The summed E-state index contributed by atoms with van der Waals surface area (Å²) in [5, 5.41) is 3.76. The second kappa shape index (κ2) is 4.57. The van der Waals surface area contributed by atoms with Crippen LogP contribution in [0.25, 0.3) is 10.9 Å². The maximum absolute atomic E-state index is 12.0. The van der Waals surface area contributed by atoms with E-state index >= 15 is 0 Å². The van der Waals surface area contributed by atoms with Gasteiger partial charge in [-0.2, -0.15) is 0 Å². The molecule has 1 amide bonds. The molecule has 19 heavy (non-hydrogen) atoms. The SMILES string of the molecule is Cc1ccoc1C(=O)Nc1cnc2ccccc2c1. The number of amides is 1. The standard InChI is InChI=1S/C15H12N2O2/c1-10-6-7-19-14(10)15(18)17-12-8-11-4-2-3-5-13(11)16-9-12/h2-9H,1H3,(H,17,18). The van der Waals surface area contributed by atoms with Crippen LogP contribution < -0.4 is 5.32 Å². The number of anilines is 1. The lowest BCUT2D eigenvalue weighted by molar-refractivity contribution is 0.0996. The maximum atomic E-state index is 12.0. The average Bonchev–Trinajstić information content (AvgIpc) is 2.85. The summed E-state index contributed by atoms with van der Waals surface area (Å²) in [6.07, 6.45) is 3.14. The van der Waals surface area contributed by atoms with E-state index in [1.54, 1.807) is 12.3 Å². The lowest BCUT2D eigenvalue weighted by atomic mass is 10.2. The summed E-state index contributed by atoms with van der Waals surface area (Å²) in [5.74, 6) is 0.0627. The molecule has 0 spiro atoms. The number of benzene rings is 1. The second-order valence-electron chi connectivity index (χ2n) is 4.30. The lowest BCUT2D eigenvalue weighted by Crippen LogP contribution is -2.12. The average molecular weight is 252 g/mol. The Morgan fingerprint density at radius 2 is 2.11 bits per heavy atom. The van der Waals surface area contributed by atoms with E-state index in [1.807, 2.05) is 37.3 Å². The molecular formula is C15H12N2O2. The number of aryl methyl sites for hydroxylation is 1. The van der Waals surface area contributed by atoms with Crippen molar-refractivity contribution in [2.45, 2.75) is 6.92 Å². The summed E-state index contributed by atoms with van der Waals surface area (Å²) in [5.41, 5.74) is 2.36. The molecule has 94 valence electrons. The molecule has 0 saturated heterocycles. The number of carbonyl (C=O) groups excluding carboxylic acids is 1. The third-order valence-corrected chi connectivity index (χ3v) is 2.92. The molecular weight excluding hydrogens is 240 g/mol. The largest absolute Gasteiger partial charge is 0.459 e. The summed E-state index contributed by atoms with van der Waals surface area (Å²) in [6.45, 7) is 1.83. The van der Waals surface area contributed by atoms with Gasteiger partial charge in [0.15, 0.2) is 5.76 Å². The van der Waals surface area contributed by atoms with Gasteiger partial charge in [-0.1, -0.05) is 18.2 Å². The van der Waals surface area contributed by atoms with Gasteiger partial charge in [-0.25, -0.2) is 0 Å². The molecule has 0 fully saturated rings. The van der Waals surface area contributed by atoms with Crippen LogP contribution in [0.3, 0.4) is 0 Å². The number of rotatable bonds is 2. The Kier molecular flexibility index (Phi) is 2.76. The Morgan fingerprint density at radius 3 is 2.89 bits per heavy atom. The predicted molar refractivity (Wildman–Crippen MR) is 73.1 cm³/mol. The minimum absolute atomic E-state index is 0.264.